The first-order valence-electron chi connectivity index (χ1n) is 7.08. The highest BCUT2D eigenvalue weighted by Gasteiger charge is 2.33. The van der Waals surface area contributed by atoms with Crippen LogP contribution in [0.3, 0.4) is 0 Å². The summed E-state index contributed by atoms with van der Waals surface area (Å²) >= 11 is 0. The summed E-state index contributed by atoms with van der Waals surface area (Å²) in [6, 6.07) is 4.95. The van der Waals surface area contributed by atoms with Crippen LogP contribution in [0, 0.1) is 0 Å². The van der Waals surface area contributed by atoms with E-state index >= 15 is 0 Å². The van der Waals surface area contributed by atoms with E-state index in [-0.39, 0.29) is 4.90 Å². The Morgan fingerprint density at radius 1 is 1.19 bits per heavy atom. The number of allylic oxidation sites excluding steroid dienone is 1. The maximum atomic E-state index is 12.7. The van der Waals surface area contributed by atoms with Gasteiger partial charge in [-0.3, -0.25) is 0 Å². The summed E-state index contributed by atoms with van der Waals surface area (Å²) < 4.78 is 39.2. The minimum atomic E-state index is -3.65. The number of hydrogen-bond acceptors (Lipinski definition) is 4. The molecule has 0 aromatic heterocycles. The Morgan fingerprint density at radius 2 is 2.00 bits per heavy atom. The van der Waals surface area contributed by atoms with E-state index in [9.17, 15) is 8.42 Å². The van der Waals surface area contributed by atoms with Crippen LogP contribution in [0.5, 0.6) is 11.5 Å². The van der Waals surface area contributed by atoms with Gasteiger partial charge in [-0.1, -0.05) is 18.2 Å². The van der Waals surface area contributed by atoms with Crippen molar-refractivity contribution in [2.45, 2.75) is 36.6 Å². The highest BCUT2D eigenvalue weighted by atomic mass is 32.2. The van der Waals surface area contributed by atoms with E-state index in [0.29, 0.717) is 31.1 Å². The first-order valence-corrected chi connectivity index (χ1v) is 8.56. The Hall–Kier alpha value is -1.53. The zero-order valence-corrected chi connectivity index (χ0v) is 12.8. The lowest BCUT2D eigenvalue weighted by molar-refractivity contribution is 0.167. The highest BCUT2D eigenvalue weighted by Crippen LogP contribution is 2.37. The summed E-state index contributed by atoms with van der Waals surface area (Å²) in [6.45, 7) is 2.73. The minimum absolute atomic E-state index is 0.149. The number of sulfonamides is 1. The van der Waals surface area contributed by atoms with Crippen LogP contribution in [0.2, 0.25) is 0 Å². The monoisotopic (exact) mass is 309 g/mol. The van der Waals surface area contributed by atoms with Crippen LogP contribution in [0.15, 0.2) is 35.2 Å². The van der Waals surface area contributed by atoms with Crippen LogP contribution in [0.25, 0.3) is 0 Å². The summed E-state index contributed by atoms with van der Waals surface area (Å²) in [5.74, 6) is 0.795. The third kappa shape index (κ3) is 2.91. The molecule has 1 aromatic carbocycles. The van der Waals surface area contributed by atoms with Crippen molar-refractivity contribution in [1.29, 1.82) is 0 Å². The molecule has 0 saturated carbocycles. The quantitative estimate of drug-likeness (QED) is 0.870. The second-order valence-corrected chi connectivity index (χ2v) is 7.31. The molecule has 0 bridgehead atoms. The molecular formula is C15H19NO4S. The second kappa shape index (κ2) is 5.35. The topological polar surface area (TPSA) is 64.6 Å². The molecule has 114 valence electrons. The van der Waals surface area contributed by atoms with E-state index in [4.69, 9.17) is 9.47 Å². The first-order chi connectivity index (χ1) is 10.0. The molecule has 5 nitrogen and oxygen atoms in total. The number of fused-ring (bicyclic) bond motifs is 1. The fraction of sp³-hybridized carbons (Fsp3) is 0.467. The van der Waals surface area contributed by atoms with E-state index in [0.717, 1.165) is 12.8 Å². The maximum Gasteiger partial charge on any atom is 0.244 e. The lowest BCUT2D eigenvalue weighted by Gasteiger charge is -2.32. The van der Waals surface area contributed by atoms with Crippen molar-refractivity contribution in [3.8, 4) is 11.5 Å². The van der Waals surface area contributed by atoms with Gasteiger partial charge < -0.3 is 9.47 Å². The molecule has 0 radical (unpaired) electrons. The first kappa shape index (κ1) is 14.4. The summed E-state index contributed by atoms with van der Waals surface area (Å²) in [5.41, 5.74) is -0.453. The normalized spacial score (nSPS) is 24.8. The standard InChI is InChI=1S/C15H19NO4S/c1-15(8-3-2-4-9-15)16-21(17,18)13-7-5-6-12-14(13)20-11-10-19-12/h2-3,5-7,16H,4,8-11H2,1H3. The Kier molecular flexibility index (Phi) is 3.67. The van der Waals surface area contributed by atoms with Crippen molar-refractivity contribution >= 4 is 10.0 Å². The molecule has 6 heteroatoms. The summed E-state index contributed by atoms with van der Waals surface area (Å²) in [7, 11) is -3.65. The van der Waals surface area contributed by atoms with E-state index < -0.39 is 15.6 Å². The zero-order chi connectivity index (χ0) is 14.9. The Bertz CT molecular complexity index is 668. The molecule has 1 aromatic rings. The van der Waals surface area contributed by atoms with Gasteiger partial charge in [0, 0.05) is 5.54 Å². The third-order valence-corrected chi connectivity index (χ3v) is 5.46. The number of rotatable bonds is 3. The fourth-order valence-corrected chi connectivity index (χ4v) is 4.30. The van der Waals surface area contributed by atoms with Crippen LogP contribution in [0.1, 0.15) is 26.2 Å². The number of para-hydroxylation sites is 1. The van der Waals surface area contributed by atoms with Crippen LogP contribution >= 0.6 is 0 Å². The molecule has 1 heterocycles. The van der Waals surface area contributed by atoms with Crippen LogP contribution in [-0.2, 0) is 10.0 Å². The van der Waals surface area contributed by atoms with Gasteiger partial charge in [0.25, 0.3) is 0 Å². The largest absolute Gasteiger partial charge is 0.486 e. The van der Waals surface area contributed by atoms with Gasteiger partial charge in [-0.25, -0.2) is 13.1 Å². The molecule has 21 heavy (non-hydrogen) atoms. The van der Waals surface area contributed by atoms with Crippen molar-refractivity contribution in [1.82, 2.24) is 4.72 Å². The van der Waals surface area contributed by atoms with Gasteiger partial charge in [-0.15, -0.1) is 0 Å². The molecule has 1 N–H and O–H groups in total. The predicted molar refractivity (Wildman–Crippen MR) is 79.1 cm³/mol. The fourth-order valence-electron chi connectivity index (χ4n) is 2.70. The number of ether oxygens (including phenoxy) is 2. The molecule has 3 rings (SSSR count). The molecule has 2 aliphatic rings. The van der Waals surface area contributed by atoms with Crippen molar-refractivity contribution < 1.29 is 17.9 Å². The van der Waals surface area contributed by atoms with Crippen molar-refractivity contribution in [2.24, 2.45) is 0 Å². The maximum absolute atomic E-state index is 12.7. The number of benzene rings is 1. The highest BCUT2D eigenvalue weighted by molar-refractivity contribution is 7.89. The lowest BCUT2D eigenvalue weighted by atomic mass is 9.89. The van der Waals surface area contributed by atoms with Crippen LogP contribution in [-0.4, -0.2) is 27.2 Å². The van der Waals surface area contributed by atoms with E-state index in [1.807, 2.05) is 13.0 Å². The summed E-state index contributed by atoms with van der Waals surface area (Å²) in [5, 5.41) is 0. The molecule has 0 saturated heterocycles. The second-order valence-electron chi connectivity index (χ2n) is 5.66. The number of nitrogens with one attached hydrogen (secondary N) is 1. The third-order valence-electron chi connectivity index (χ3n) is 3.80. The summed E-state index contributed by atoms with van der Waals surface area (Å²) in [6.07, 6.45) is 6.46. The smallest absolute Gasteiger partial charge is 0.244 e. The average molecular weight is 309 g/mol. The summed E-state index contributed by atoms with van der Waals surface area (Å²) in [4.78, 5) is 0.149. The molecule has 1 aliphatic heterocycles. The predicted octanol–water partition coefficient (Wildman–Crippen LogP) is 2.23. The molecule has 1 unspecified atom stereocenters. The van der Waals surface area contributed by atoms with Crippen LogP contribution in [0.4, 0.5) is 0 Å². The average Bonchev–Trinajstić information content (AvgIpc) is 2.46. The SMILES string of the molecule is CC1(NS(=O)(=O)c2cccc3c2OCCO3)CC=CCC1. The minimum Gasteiger partial charge on any atom is -0.486 e. The van der Waals surface area contributed by atoms with E-state index in [1.165, 1.54) is 0 Å². The van der Waals surface area contributed by atoms with Gasteiger partial charge in [-0.05, 0) is 38.3 Å². The Labute approximate surface area is 125 Å². The van der Waals surface area contributed by atoms with Gasteiger partial charge >= 0.3 is 0 Å². The van der Waals surface area contributed by atoms with Crippen molar-refractivity contribution in [2.75, 3.05) is 13.2 Å². The number of hydrogen-bond donors (Lipinski definition) is 1. The Balaban J connectivity index is 1.94. The van der Waals surface area contributed by atoms with E-state index in [2.05, 4.69) is 10.8 Å². The zero-order valence-electron chi connectivity index (χ0n) is 12.0. The molecule has 0 amide bonds. The van der Waals surface area contributed by atoms with Gasteiger partial charge in [-0.2, -0.15) is 0 Å². The molecular weight excluding hydrogens is 290 g/mol. The van der Waals surface area contributed by atoms with Crippen molar-refractivity contribution in [3.63, 3.8) is 0 Å². The van der Waals surface area contributed by atoms with Crippen LogP contribution < -0.4 is 14.2 Å². The van der Waals surface area contributed by atoms with Gasteiger partial charge in [0.15, 0.2) is 11.5 Å². The van der Waals surface area contributed by atoms with Gasteiger partial charge in [0.1, 0.15) is 18.1 Å². The van der Waals surface area contributed by atoms with Gasteiger partial charge in [0.05, 0.1) is 0 Å². The molecule has 0 spiro atoms. The molecule has 1 aliphatic carbocycles. The van der Waals surface area contributed by atoms with E-state index in [1.54, 1.807) is 18.2 Å². The lowest BCUT2D eigenvalue weighted by Crippen LogP contribution is -2.46. The van der Waals surface area contributed by atoms with Crippen molar-refractivity contribution in [3.05, 3.63) is 30.4 Å². The van der Waals surface area contributed by atoms with Gasteiger partial charge in [0.2, 0.25) is 10.0 Å². The molecule has 0 fully saturated rings. The Morgan fingerprint density at radius 3 is 2.76 bits per heavy atom. The molecule has 1 atom stereocenters.